The zero-order chi connectivity index (χ0) is 15.6. The molecule has 110 valence electrons. The maximum atomic E-state index is 11.2. The van der Waals surface area contributed by atoms with E-state index in [1.165, 1.54) is 17.8 Å². The zero-order valence-corrected chi connectivity index (χ0v) is 13.0. The Labute approximate surface area is 128 Å². The van der Waals surface area contributed by atoms with Crippen LogP contribution in [0.4, 0.5) is 5.69 Å². The lowest BCUT2D eigenvalue weighted by Crippen LogP contribution is -1.96. The molecule has 21 heavy (non-hydrogen) atoms. The summed E-state index contributed by atoms with van der Waals surface area (Å²) in [4.78, 5) is 12.4. The van der Waals surface area contributed by atoms with Crippen molar-refractivity contribution >= 4 is 17.4 Å². The summed E-state index contributed by atoms with van der Waals surface area (Å²) in [5.74, 6) is 0. The van der Waals surface area contributed by atoms with E-state index in [0.717, 1.165) is 16.0 Å². The molecule has 2 aromatic rings. The van der Waals surface area contributed by atoms with Crippen LogP contribution < -0.4 is 0 Å². The van der Waals surface area contributed by atoms with Crippen LogP contribution in [0.2, 0.25) is 0 Å². The molecule has 0 fully saturated rings. The Morgan fingerprint density at radius 1 is 1.14 bits per heavy atom. The van der Waals surface area contributed by atoms with Crippen molar-refractivity contribution in [1.29, 1.82) is 0 Å². The molecule has 0 aliphatic rings. The van der Waals surface area contributed by atoms with Crippen LogP contribution in [0.15, 0.2) is 46.2 Å². The number of nitro benzene ring substituents is 1. The summed E-state index contributed by atoms with van der Waals surface area (Å²) in [5, 5.41) is 20.8. The molecule has 5 heteroatoms. The van der Waals surface area contributed by atoms with Gasteiger partial charge in [-0.2, -0.15) is 0 Å². The molecule has 4 nitrogen and oxygen atoms in total. The van der Waals surface area contributed by atoms with Crippen LogP contribution in [0, 0.1) is 24.0 Å². The third-order valence-electron chi connectivity index (χ3n) is 3.23. The average Bonchev–Trinajstić information content (AvgIpc) is 2.42. The first-order valence-corrected chi connectivity index (χ1v) is 7.41. The maximum Gasteiger partial charge on any atom is 0.283 e. The summed E-state index contributed by atoms with van der Waals surface area (Å²) in [6, 6.07) is 10.9. The number of aliphatic hydroxyl groups is 1. The van der Waals surface area contributed by atoms with Crippen LogP contribution in [0.5, 0.6) is 0 Å². The van der Waals surface area contributed by atoms with E-state index < -0.39 is 11.0 Å². The highest BCUT2D eigenvalue weighted by Crippen LogP contribution is 2.37. The fourth-order valence-electron chi connectivity index (χ4n) is 1.96. The Morgan fingerprint density at radius 2 is 1.86 bits per heavy atom. The van der Waals surface area contributed by atoms with Crippen LogP contribution >= 0.6 is 11.8 Å². The van der Waals surface area contributed by atoms with Crippen molar-refractivity contribution < 1.29 is 10.0 Å². The van der Waals surface area contributed by atoms with Crippen LogP contribution in [0.25, 0.3) is 0 Å². The van der Waals surface area contributed by atoms with Crippen molar-refractivity contribution in [2.75, 3.05) is 0 Å². The largest absolute Gasteiger partial charge is 0.389 e. The van der Waals surface area contributed by atoms with E-state index >= 15 is 0 Å². The summed E-state index contributed by atoms with van der Waals surface area (Å²) >= 11 is 1.38. The number of hydrogen-bond acceptors (Lipinski definition) is 4. The first kappa shape index (κ1) is 15.5. The molecular formula is C16H17NO3S. The molecule has 0 heterocycles. The summed E-state index contributed by atoms with van der Waals surface area (Å²) in [6.45, 7) is 5.57. The predicted molar refractivity (Wildman–Crippen MR) is 83.8 cm³/mol. The fourth-order valence-corrected chi connectivity index (χ4v) is 3.04. The molecular weight excluding hydrogens is 286 g/mol. The third kappa shape index (κ3) is 3.62. The number of nitro groups is 1. The minimum Gasteiger partial charge on any atom is -0.389 e. The van der Waals surface area contributed by atoms with Gasteiger partial charge in [-0.05, 0) is 49.6 Å². The lowest BCUT2D eigenvalue weighted by Gasteiger charge is -2.09. The molecule has 1 N–H and O–H groups in total. The van der Waals surface area contributed by atoms with Gasteiger partial charge >= 0.3 is 0 Å². The van der Waals surface area contributed by atoms with Gasteiger partial charge in [0.25, 0.3) is 5.69 Å². The second-order valence-electron chi connectivity index (χ2n) is 5.03. The first-order chi connectivity index (χ1) is 9.88. The Kier molecular flexibility index (Phi) is 4.65. The molecule has 0 aliphatic carbocycles. The number of hydrogen-bond donors (Lipinski definition) is 1. The predicted octanol–water partition coefficient (Wildman–Crippen LogP) is 4.42. The van der Waals surface area contributed by atoms with Crippen molar-refractivity contribution in [1.82, 2.24) is 0 Å². The molecule has 0 saturated heterocycles. The van der Waals surface area contributed by atoms with Crippen molar-refractivity contribution in [3.8, 4) is 0 Å². The van der Waals surface area contributed by atoms with Crippen LogP contribution in [-0.2, 0) is 0 Å². The van der Waals surface area contributed by atoms with Gasteiger partial charge < -0.3 is 5.11 Å². The van der Waals surface area contributed by atoms with Crippen molar-refractivity contribution in [2.24, 2.45) is 0 Å². The van der Waals surface area contributed by atoms with Gasteiger partial charge in [-0.15, -0.1) is 0 Å². The Balaban J connectivity index is 2.44. The zero-order valence-electron chi connectivity index (χ0n) is 12.2. The SMILES string of the molecule is Cc1ccc(C)c(Sc2ccc([C@@H](C)O)cc2[N+](=O)[O-])c1. The van der Waals surface area contributed by atoms with Crippen LogP contribution in [-0.4, -0.2) is 10.0 Å². The minimum absolute atomic E-state index is 0.0271. The second kappa shape index (κ2) is 6.28. The van der Waals surface area contributed by atoms with Crippen LogP contribution in [0.3, 0.4) is 0 Å². The van der Waals surface area contributed by atoms with Gasteiger partial charge in [-0.3, -0.25) is 10.1 Å². The molecule has 0 radical (unpaired) electrons. The average molecular weight is 303 g/mol. The third-order valence-corrected chi connectivity index (χ3v) is 4.45. The number of rotatable bonds is 4. The molecule has 0 amide bonds. The number of aliphatic hydroxyl groups excluding tert-OH is 1. The normalized spacial score (nSPS) is 12.2. The molecule has 0 saturated carbocycles. The molecule has 0 spiro atoms. The summed E-state index contributed by atoms with van der Waals surface area (Å²) < 4.78 is 0. The quantitative estimate of drug-likeness (QED) is 0.671. The van der Waals surface area contributed by atoms with Crippen LogP contribution in [0.1, 0.15) is 29.7 Å². The van der Waals surface area contributed by atoms with Crippen molar-refractivity contribution in [3.05, 3.63) is 63.2 Å². The molecule has 2 aromatic carbocycles. The van der Waals surface area contributed by atoms with Crippen molar-refractivity contribution in [2.45, 2.75) is 36.7 Å². The number of benzene rings is 2. The molecule has 0 aliphatic heterocycles. The fraction of sp³-hybridized carbons (Fsp3) is 0.250. The standard InChI is InChI=1S/C16H17NO3S/c1-10-4-5-11(2)16(8-10)21-15-7-6-13(12(3)18)9-14(15)17(19)20/h4-9,12,18H,1-3H3/t12-/m1/s1. The topological polar surface area (TPSA) is 63.4 Å². The van der Waals surface area contributed by atoms with E-state index in [2.05, 4.69) is 0 Å². The monoisotopic (exact) mass is 303 g/mol. The highest BCUT2D eigenvalue weighted by molar-refractivity contribution is 7.99. The Hall–Kier alpha value is -1.85. The summed E-state index contributed by atoms with van der Waals surface area (Å²) in [6.07, 6.45) is -0.719. The van der Waals surface area contributed by atoms with Gasteiger partial charge in [0.05, 0.1) is 15.9 Å². The minimum atomic E-state index is -0.719. The maximum absolute atomic E-state index is 11.2. The highest BCUT2D eigenvalue weighted by atomic mass is 32.2. The smallest absolute Gasteiger partial charge is 0.283 e. The molecule has 0 bridgehead atoms. The van der Waals surface area contributed by atoms with E-state index in [1.54, 1.807) is 19.1 Å². The van der Waals surface area contributed by atoms with Gasteiger partial charge in [-0.25, -0.2) is 0 Å². The molecule has 0 unspecified atom stereocenters. The first-order valence-electron chi connectivity index (χ1n) is 6.60. The number of nitrogens with zero attached hydrogens (tertiary/aromatic N) is 1. The van der Waals surface area contributed by atoms with Gasteiger partial charge in [0, 0.05) is 11.0 Å². The van der Waals surface area contributed by atoms with E-state index in [4.69, 9.17) is 0 Å². The molecule has 1 atom stereocenters. The van der Waals surface area contributed by atoms with E-state index in [0.29, 0.717) is 10.5 Å². The summed E-state index contributed by atoms with van der Waals surface area (Å²) in [5.41, 5.74) is 2.78. The van der Waals surface area contributed by atoms with Gasteiger partial charge in [0.2, 0.25) is 0 Å². The molecule has 0 aromatic heterocycles. The van der Waals surface area contributed by atoms with Gasteiger partial charge in [0.15, 0.2) is 0 Å². The van der Waals surface area contributed by atoms with Gasteiger partial charge in [-0.1, -0.05) is 30.0 Å². The number of aryl methyl sites for hydroxylation is 2. The van der Waals surface area contributed by atoms with E-state index in [1.807, 2.05) is 32.0 Å². The van der Waals surface area contributed by atoms with E-state index in [-0.39, 0.29) is 5.69 Å². The second-order valence-corrected chi connectivity index (χ2v) is 6.12. The highest BCUT2D eigenvalue weighted by Gasteiger charge is 2.18. The Morgan fingerprint density at radius 3 is 2.48 bits per heavy atom. The lowest BCUT2D eigenvalue weighted by atomic mass is 10.1. The summed E-state index contributed by atoms with van der Waals surface area (Å²) in [7, 11) is 0. The lowest BCUT2D eigenvalue weighted by molar-refractivity contribution is -0.387. The van der Waals surface area contributed by atoms with E-state index in [9.17, 15) is 15.2 Å². The Bertz CT molecular complexity index is 683. The van der Waals surface area contributed by atoms with Gasteiger partial charge in [0.1, 0.15) is 0 Å². The van der Waals surface area contributed by atoms with Crippen molar-refractivity contribution in [3.63, 3.8) is 0 Å². The molecule has 2 rings (SSSR count).